The first kappa shape index (κ1) is 10.7. The molecule has 1 aromatic carbocycles. The molecule has 1 aliphatic carbocycles. The molecule has 15 heavy (non-hydrogen) atoms. The minimum absolute atomic E-state index is 0.265. The second kappa shape index (κ2) is 4.33. The Morgan fingerprint density at radius 3 is 3.07 bits per heavy atom. The van der Waals surface area contributed by atoms with Gasteiger partial charge in [0.1, 0.15) is 0 Å². The zero-order chi connectivity index (χ0) is 10.8. The van der Waals surface area contributed by atoms with Crippen LogP contribution in [0.1, 0.15) is 36.1 Å². The van der Waals surface area contributed by atoms with Crippen molar-refractivity contribution >= 4 is 0 Å². The number of aliphatic hydroxyl groups excluding tert-OH is 1. The Balaban J connectivity index is 2.11. The number of rotatable bonds is 3. The Bertz CT molecular complexity index is 346. The summed E-state index contributed by atoms with van der Waals surface area (Å²) in [6.45, 7) is 4.67. The smallest absolute Gasteiger partial charge is 0.0636 e. The van der Waals surface area contributed by atoms with Gasteiger partial charge in [-0.1, -0.05) is 18.2 Å². The van der Waals surface area contributed by atoms with E-state index in [-0.39, 0.29) is 6.10 Å². The van der Waals surface area contributed by atoms with E-state index in [1.165, 1.54) is 23.1 Å². The minimum atomic E-state index is -0.265. The number of benzene rings is 1. The molecule has 2 nitrogen and oxygen atoms in total. The van der Waals surface area contributed by atoms with Gasteiger partial charge in [-0.15, -0.1) is 0 Å². The maximum Gasteiger partial charge on any atom is 0.0636 e. The second-order valence-corrected chi connectivity index (χ2v) is 4.49. The molecule has 0 aliphatic heterocycles. The molecule has 1 aromatic rings. The molecule has 0 heterocycles. The average Bonchev–Trinajstić information content (AvgIpc) is 2.59. The molecular weight excluding hydrogens is 186 g/mol. The van der Waals surface area contributed by atoms with Crippen molar-refractivity contribution in [3.05, 3.63) is 34.9 Å². The number of hydrogen-bond acceptors (Lipinski definition) is 2. The standard InChI is InChI=1S/C13H19NO/c1-9-4-3-5-12-11(9)6-7-13(12)14-8-10(2)15/h3-5,10,13-15H,6-8H2,1-2H3. The van der Waals surface area contributed by atoms with Crippen LogP contribution in [0.4, 0.5) is 0 Å². The third kappa shape index (κ3) is 2.21. The average molecular weight is 205 g/mol. The van der Waals surface area contributed by atoms with Crippen LogP contribution in [0.15, 0.2) is 18.2 Å². The van der Waals surface area contributed by atoms with E-state index < -0.39 is 0 Å². The highest BCUT2D eigenvalue weighted by Crippen LogP contribution is 2.32. The molecule has 2 heteroatoms. The Morgan fingerprint density at radius 1 is 1.53 bits per heavy atom. The number of fused-ring (bicyclic) bond motifs is 1. The van der Waals surface area contributed by atoms with Crippen molar-refractivity contribution in [2.24, 2.45) is 0 Å². The van der Waals surface area contributed by atoms with Crippen LogP contribution in [-0.4, -0.2) is 17.8 Å². The van der Waals surface area contributed by atoms with E-state index in [0.717, 1.165) is 6.42 Å². The zero-order valence-electron chi connectivity index (χ0n) is 9.46. The molecule has 0 radical (unpaired) electrons. The lowest BCUT2D eigenvalue weighted by atomic mass is 10.0. The quantitative estimate of drug-likeness (QED) is 0.790. The van der Waals surface area contributed by atoms with Crippen molar-refractivity contribution in [2.75, 3.05) is 6.54 Å². The summed E-state index contributed by atoms with van der Waals surface area (Å²) in [5, 5.41) is 12.7. The Morgan fingerprint density at radius 2 is 2.33 bits per heavy atom. The summed E-state index contributed by atoms with van der Waals surface area (Å²) in [7, 11) is 0. The predicted octanol–water partition coefficient (Wildman–Crippen LogP) is 1.95. The molecule has 2 N–H and O–H groups in total. The first-order valence-electron chi connectivity index (χ1n) is 5.68. The lowest BCUT2D eigenvalue weighted by Gasteiger charge is -2.15. The molecule has 0 aromatic heterocycles. The third-order valence-corrected chi connectivity index (χ3v) is 3.16. The lowest BCUT2D eigenvalue weighted by Crippen LogP contribution is -2.27. The second-order valence-electron chi connectivity index (χ2n) is 4.49. The topological polar surface area (TPSA) is 32.3 Å². The molecule has 0 saturated carbocycles. The van der Waals surface area contributed by atoms with Gasteiger partial charge in [-0.05, 0) is 43.4 Å². The summed E-state index contributed by atoms with van der Waals surface area (Å²) in [6.07, 6.45) is 2.06. The Labute approximate surface area is 91.3 Å². The fourth-order valence-corrected chi connectivity index (χ4v) is 2.36. The Kier molecular flexibility index (Phi) is 3.08. The fourth-order valence-electron chi connectivity index (χ4n) is 2.36. The van der Waals surface area contributed by atoms with Crippen molar-refractivity contribution in [3.63, 3.8) is 0 Å². The van der Waals surface area contributed by atoms with Crippen molar-refractivity contribution in [3.8, 4) is 0 Å². The van der Waals surface area contributed by atoms with Gasteiger partial charge in [0.25, 0.3) is 0 Å². The van der Waals surface area contributed by atoms with Gasteiger partial charge in [-0.3, -0.25) is 0 Å². The van der Waals surface area contributed by atoms with Gasteiger partial charge in [0.05, 0.1) is 6.10 Å². The van der Waals surface area contributed by atoms with Crippen molar-refractivity contribution < 1.29 is 5.11 Å². The van der Waals surface area contributed by atoms with Gasteiger partial charge in [-0.25, -0.2) is 0 Å². The predicted molar refractivity (Wildman–Crippen MR) is 61.9 cm³/mol. The normalized spacial score (nSPS) is 21.4. The van der Waals surface area contributed by atoms with Crippen LogP contribution in [0.25, 0.3) is 0 Å². The van der Waals surface area contributed by atoms with Gasteiger partial charge in [-0.2, -0.15) is 0 Å². The van der Waals surface area contributed by atoms with Gasteiger partial charge < -0.3 is 10.4 Å². The molecule has 0 saturated heterocycles. The van der Waals surface area contributed by atoms with Crippen molar-refractivity contribution in [1.29, 1.82) is 0 Å². The number of nitrogens with one attached hydrogen (secondary N) is 1. The van der Waals surface area contributed by atoms with E-state index in [1.807, 2.05) is 6.92 Å². The summed E-state index contributed by atoms with van der Waals surface area (Å²) >= 11 is 0. The van der Waals surface area contributed by atoms with Crippen molar-refractivity contribution in [2.45, 2.75) is 38.8 Å². The van der Waals surface area contributed by atoms with Crippen LogP contribution < -0.4 is 5.32 Å². The van der Waals surface area contributed by atoms with Crippen LogP contribution >= 0.6 is 0 Å². The van der Waals surface area contributed by atoms with Gasteiger partial charge >= 0.3 is 0 Å². The highest BCUT2D eigenvalue weighted by atomic mass is 16.3. The Hall–Kier alpha value is -0.860. The van der Waals surface area contributed by atoms with E-state index in [1.54, 1.807) is 0 Å². The highest BCUT2D eigenvalue weighted by Gasteiger charge is 2.22. The first-order valence-corrected chi connectivity index (χ1v) is 5.68. The molecule has 2 unspecified atom stereocenters. The third-order valence-electron chi connectivity index (χ3n) is 3.16. The molecule has 2 rings (SSSR count). The maximum absolute atomic E-state index is 9.25. The van der Waals surface area contributed by atoms with Crippen LogP contribution in [0.5, 0.6) is 0 Å². The maximum atomic E-state index is 9.25. The summed E-state index contributed by atoms with van der Waals surface area (Å²) in [6, 6.07) is 6.94. The van der Waals surface area contributed by atoms with E-state index in [4.69, 9.17) is 0 Å². The van der Waals surface area contributed by atoms with Gasteiger partial charge in [0, 0.05) is 12.6 Å². The minimum Gasteiger partial charge on any atom is -0.392 e. The van der Waals surface area contributed by atoms with Crippen LogP contribution in [0.3, 0.4) is 0 Å². The number of aryl methyl sites for hydroxylation is 1. The largest absolute Gasteiger partial charge is 0.392 e. The number of aliphatic hydroxyl groups is 1. The van der Waals surface area contributed by atoms with Crippen LogP contribution in [-0.2, 0) is 6.42 Å². The van der Waals surface area contributed by atoms with Crippen LogP contribution in [0, 0.1) is 6.92 Å². The SMILES string of the molecule is Cc1cccc2c1CCC2NCC(C)O. The summed E-state index contributed by atoms with van der Waals surface area (Å²) in [5.74, 6) is 0. The first-order chi connectivity index (χ1) is 7.18. The summed E-state index contributed by atoms with van der Waals surface area (Å²) in [4.78, 5) is 0. The molecule has 0 amide bonds. The summed E-state index contributed by atoms with van der Waals surface area (Å²) < 4.78 is 0. The van der Waals surface area contributed by atoms with Gasteiger partial charge in [0.15, 0.2) is 0 Å². The molecule has 0 fully saturated rings. The van der Waals surface area contributed by atoms with E-state index in [9.17, 15) is 5.11 Å². The van der Waals surface area contributed by atoms with E-state index in [2.05, 4.69) is 30.4 Å². The lowest BCUT2D eigenvalue weighted by molar-refractivity contribution is 0.186. The molecule has 0 bridgehead atoms. The molecular formula is C13H19NO. The molecule has 82 valence electrons. The highest BCUT2D eigenvalue weighted by molar-refractivity contribution is 5.40. The van der Waals surface area contributed by atoms with Gasteiger partial charge in [0.2, 0.25) is 0 Å². The van der Waals surface area contributed by atoms with E-state index in [0.29, 0.717) is 12.6 Å². The monoisotopic (exact) mass is 205 g/mol. The molecule has 1 aliphatic rings. The van der Waals surface area contributed by atoms with Crippen LogP contribution in [0.2, 0.25) is 0 Å². The fraction of sp³-hybridized carbons (Fsp3) is 0.538. The zero-order valence-corrected chi connectivity index (χ0v) is 9.46. The molecule has 0 spiro atoms. The molecule has 2 atom stereocenters. The van der Waals surface area contributed by atoms with E-state index >= 15 is 0 Å². The van der Waals surface area contributed by atoms with Crippen molar-refractivity contribution in [1.82, 2.24) is 5.32 Å². The summed E-state index contributed by atoms with van der Waals surface area (Å²) in [5.41, 5.74) is 4.32. The number of hydrogen-bond donors (Lipinski definition) is 2.